The van der Waals surface area contributed by atoms with Crippen LogP contribution >= 0.6 is 0 Å². The van der Waals surface area contributed by atoms with Crippen molar-refractivity contribution in [1.82, 2.24) is 25.4 Å². The summed E-state index contributed by atoms with van der Waals surface area (Å²) in [5.41, 5.74) is 4.16. The van der Waals surface area contributed by atoms with Crippen LogP contribution in [0.4, 0.5) is 0 Å². The third-order valence-electron chi connectivity index (χ3n) is 4.64. The number of imidazole rings is 1. The summed E-state index contributed by atoms with van der Waals surface area (Å²) in [5, 5.41) is 7.64. The predicted octanol–water partition coefficient (Wildman–Crippen LogP) is 4.02. The number of carbonyl (C=O) groups is 1. The molecule has 0 aliphatic heterocycles. The number of para-hydroxylation sites is 2. The quantitative estimate of drug-likeness (QED) is 0.571. The summed E-state index contributed by atoms with van der Waals surface area (Å²) < 4.78 is 5.30. The lowest BCUT2D eigenvalue weighted by Crippen LogP contribution is -2.27. The molecule has 3 aromatic heterocycles. The third-order valence-corrected chi connectivity index (χ3v) is 4.64. The molecule has 1 unspecified atom stereocenters. The van der Waals surface area contributed by atoms with Crippen molar-refractivity contribution in [3.8, 4) is 0 Å². The first kappa shape index (κ1) is 17.2. The molecule has 1 atom stereocenters. The van der Waals surface area contributed by atoms with E-state index >= 15 is 0 Å². The Balaban J connectivity index is 1.68. The number of amides is 1. The van der Waals surface area contributed by atoms with Gasteiger partial charge < -0.3 is 14.8 Å². The fourth-order valence-electron chi connectivity index (χ4n) is 3.11. The lowest BCUT2D eigenvalue weighted by molar-refractivity contribution is 0.0940. The molecule has 4 rings (SSSR count). The maximum absolute atomic E-state index is 13.0. The van der Waals surface area contributed by atoms with Gasteiger partial charge in [-0.3, -0.25) is 4.79 Å². The van der Waals surface area contributed by atoms with Crippen LogP contribution in [0.3, 0.4) is 0 Å². The van der Waals surface area contributed by atoms with Gasteiger partial charge in [-0.2, -0.15) is 0 Å². The van der Waals surface area contributed by atoms with Crippen molar-refractivity contribution in [3.05, 3.63) is 53.1 Å². The number of H-pyrrole nitrogens is 1. The monoisotopic (exact) mass is 363 g/mol. The molecule has 0 saturated heterocycles. The fraction of sp³-hybridized carbons (Fsp3) is 0.300. The van der Waals surface area contributed by atoms with E-state index in [1.54, 1.807) is 0 Å². The highest BCUT2D eigenvalue weighted by Crippen LogP contribution is 2.26. The number of aromatic nitrogens is 4. The van der Waals surface area contributed by atoms with Crippen molar-refractivity contribution >= 4 is 28.0 Å². The van der Waals surface area contributed by atoms with Gasteiger partial charge in [0.1, 0.15) is 5.82 Å². The molecule has 3 heterocycles. The molecule has 1 aromatic carbocycles. The smallest absolute Gasteiger partial charge is 0.259 e. The van der Waals surface area contributed by atoms with Crippen molar-refractivity contribution < 1.29 is 9.32 Å². The SMILES string of the molecule is Cc1noc2nc(C(C)C)cc(C(=O)NC(C)c3nc4ccccc4[nH]3)c12. The predicted molar refractivity (Wildman–Crippen MR) is 103 cm³/mol. The van der Waals surface area contributed by atoms with E-state index in [0.717, 1.165) is 16.7 Å². The molecule has 0 fully saturated rings. The van der Waals surface area contributed by atoms with Crippen LogP contribution in [0.5, 0.6) is 0 Å². The number of pyridine rings is 1. The summed E-state index contributed by atoms with van der Waals surface area (Å²) in [6, 6.07) is 9.32. The van der Waals surface area contributed by atoms with Crippen molar-refractivity contribution in [1.29, 1.82) is 0 Å². The van der Waals surface area contributed by atoms with Gasteiger partial charge in [0.2, 0.25) is 0 Å². The van der Waals surface area contributed by atoms with Gasteiger partial charge in [-0.05, 0) is 38.0 Å². The normalized spacial score (nSPS) is 12.8. The van der Waals surface area contributed by atoms with Crippen LogP contribution < -0.4 is 5.32 Å². The average Bonchev–Trinajstić information content (AvgIpc) is 3.24. The van der Waals surface area contributed by atoms with Crippen LogP contribution in [0.2, 0.25) is 0 Å². The van der Waals surface area contributed by atoms with Crippen molar-refractivity contribution in [2.45, 2.75) is 39.7 Å². The minimum absolute atomic E-state index is 0.166. The van der Waals surface area contributed by atoms with Gasteiger partial charge in [0.25, 0.3) is 11.6 Å². The molecule has 7 nitrogen and oxygen atoms in total. The van der Waals surface area contributed by atoms with E-state index in [1.807, 2.05) is 58.0 Å². The first-order valence-corrected chi connectivity index (χ1v) is 8.96. The van der Waals surface area contributed by atoms with Gasteiger partial charge in [0.15, 0.2) is 0 Å². The highest BCUT2D eigenvalue weighted by Gasteiger charge is 2.22. The molecule has 0 saturated carbocycles. The van der Waals surface area contributed by atoms with E-state index in [-0.39, 0.29) is 17.9 Å². The van der Waals surface area contributed by atoms with Crippen LogP contribution in [0.15, 0.2) is 34.9 Å². The van der Waals surface area contributed by atoms with Crippen LogP contribution in [-0.2, 0) is 0 Å². The molecular weight excluding hydrogens is 342 g/mol. The molecule has 27 heavy (non-hydrogen) atoms. The molecule has 4 aromatic rings. The molecule has 1 amide bonds. The Morgan fingerprint density at radius 2 is 1.96 bits per heavy atom. The number of aryl methyl sites for hydroxylation is 1. The van der Waals surface area contributed by atoms with Crippen LogP contribution in [-0.4, -0.2) is 26.0 Å². The summed E-state index contributed by atoms with van der Waals surface area (Å²) in [7, 11) is 0. The number of aromatic amines is 1. The second kappa shape index (κ2) is 6.50. The second-order valence-electron chi connectivity index (χ2n) is 7.03. The number of hydrogen-bond donors (Lipinski definition) is 2. The van der Waals surface area contributed by atoms with Crippen LogP contribution in [0.25, 0.3) is 22.1 Å². The standard InChI is InChI=1S/C20H21N5O2/c1-10(2)16-9-13(17-11(3)25-27-20(17)24-16)19(26)21-12(4)18-22-14-7-5-6-8-15(14)23-18/h5-10,12H,1-4H3,(H,21,26)(H,22,23). The Bertz CT molecular complexity index is 1110. The second-order valence-corrected chi connectivity index (χ2v) is 7.03. The number of hydrogen-bond acceptors (Lipinski definition) is 5. The zero-order chi connectivity index (χ0) is 19.1. The molecule has 0 radical (unpaired) electrons. The number of nitrogens with zero attached hydrogens (tertiary/aromatic N) is 3. The Kier molecular flexibility index (Phi) is 4.14. The lowest BCUT2D eigenvalue weighted by Gasteiger charge is -2.13. The highest BCUT2D eigenvalue weighted by atomic mass is 16.5. The molecule has 2 N–H and O–H groups in total. The van der Waals surface area contributed by atoms with Gasteiger partial charge in [0.05, 0.1) is 33.7 Å². The molecular formula is C20H21N5O2. The lowest BCUT2D eigenvalue weighted by atomic mass is 10.0. The first-order chi connectivity index (χ1) is 12.9. The minimum Gasteiger partial charge on any atom is -0.342 e. The zero-order valence-electron chi connectivity index (χ0n) is 15.7. The fourth-order valence-corrected chi connectivity index (χ4v) is 3.11. The number of benzene rings is 1. The first-order valence-electron chi connectivity index (χ1n) is 8.96. The van der Waals surface area contributed by atoms with Crippen molar-refractivity contribution in [2.24, 2.45) is 0 Å². The summed E-state index contributed by atoms with van der Waals surface area (Å²) in [6.07, 6.45) is 0. The number of carbonyl (C=O) groups excluding carboxylic acids is 1. The molecule has 7 heteroatoms. The third kappa shape index (κ3) is 3.05. The molecule has 0 spiro atoms. The van der Waals surface area contributed by atoms with E-state index < -0.39 is 0 Å². The average molecular weight is 363 g/mol. The minimum atomic E-state index is -0.282. The maximum Gasteiger partial charge on any atom is 0.259 e. The number of fused-ring (bicyclic) bond motifs is 2. The Labute approximate surface area is 156 Å². The summed E-state index contributed by atoms with van der Waals surface area (Å²) in [5.74, 6) is 0.670. The van der Waals surface area contributed by atoms with Gasteiger partial charge in [-0.15, -0.1) is 0 Å². The Morgan fingerprint density at radius 1 is 1.19 bits per heavy atom. The zero-order valence-corrected chi connectivity index (χ0v) is 15.7. The van der Waals surface area contributed by atoms with E-state index in [0.29, 0.717) is 28.2 Å². The van der Waals surface area contributed by atoms with Gasteiger partial charge in [-0.25, -0.2) is 9.97 Å². The summed E-state index contributed by atoms with van der Waals surface area (Å²) >= 11 is 0. The van der Waals surface area contributed by atoms with E-state index in [4.69, 9.17) is 4.52 Å². The Hall–Kier alpha value is -3.22. The molecule has 0 aliphatic carbocycles. The van der Waals surface area contributed by atoms with Crippen LogP contribution in [0.1, 0.15) is 60.3 Å². The highest BCUT2D eigenvalue weighted by molar-refractivity contribution is 6.06. The number of rotatable bonds is 4. The van der Waals surface area contributed by atoms with E-state index in [2.05, 4.69) is 25.4 Å². The summed E-state index contributed by atoms with van der Waals surface area (Å²) in [6.45, 7) is 7.76. The number of nitrogens with one attached hydrogen (secondary N) is 2. The van der Waals surface area contributed by atoms with Crippen LogP contribution in [0, 0.1) is 6.92 Å². The molecule has 0 bridgehead atoms. The van der Waals surface area contributed by atoms with Crippen molar-refractivity contribution in [3.63, 3.8) is 0 Å². The van der Waals surface area contributed by atoms with Gasteiger partial charge in [-0.1, -0.05) is 31.1 Å². The van der Waals surface area contributed by atoms with E-state index in [9.17, 15) is 4.79 Å². The topological polar surface area (TPSA) is 96.7 Å². The Morgan fingerprint density at radius 3 is 2.70 bits per heavy atom. The van der Waals surface area contributed by atoms with Crippen molar-refractivity contribution in [2.75, 3.05) is 0 Å². The molecule has 138 valence electrons. The maximum atomic E-state index is 13.0. The van der Waals surface area contributed by atoms with E-state index in [1.165, 1.54) is 0 Å². The van der Waals surface area contributed by atoms with Gasteiger partial charge >= 0.3 is 0 Å². The van der Waals surface area contributed by atoms with Gasteiger partial charge in [0, 0.05) is 5.69 Å². The molecule has 0 aliphatic rings. The largest absolute Gasteiger partial charge is 0.342 e. The summed E-state index contributed by atoms with van der Waals surface area (Å²) in [4.78, 5) is 25.3.